The Hall–Kier alpha value is -0.780. The van der Waals surface area contributed by atoms with E-state index in [1.807, 2.05) is 30.4 Å². The molecule has 5 heteroatoms. The van der Waals surface area contributed by atoms with E-state index in [1.54, 1.807) is 11.3 Å². The lowest BCUT2D eigenvalue weighted by Gasteiger charge is -2.04. The number of rotatable bonds is 7. The molecule has 0 aliphatic rings. The second-order valence-electron chi connectivity index (χ2n) is 4.23. The first-order valence-corrected chi connectivity index (χ1v) is 8.04. The Morgan fingerprint density at radius 2 is 2.33 bits per heavy atom. The molecule has 0 bridgehead atoms. The van der Waals surface area contributed by atoms with Crippen LogP contribution in [0.3, 0.4) is 0 Å². The number of hydrogen-bond donors (Lipinski definition) is 1. The topological polar surface area (TPSA) is 29.9 Å². The van der Waals surface area contributed by atoms with Gasteiger partial charge >= 0.3 is 0 Å². The second kappa shape index (κ2) is 6.97. The molecule has 0 saturated carbocycles. The highest BCUT2D eigenvalue weighted by atomic mass is 32.2. The van der Waals surface area contributed by atoms with Crippen molar-refractivity contribution in [3.8, 4) is 0 Å². The lowest BCUT2D eigenvalue weighted by molar-refractivity contribution is 0.689. The highest BCUT2D eigenvalue weighted by Crippen LogP contribution is 2.17. The van der Waals surface area contributed by atoms with Crippen LogP contribution < -0.4 is 5.32 Å². The van der Waals surface area contributed by atoms with E-state index in [2.05, 4.69) is 33.3 Å². The van der Waals surface area contributed by atoms with E-state index in [0.717, 1.165) is 31.0 Å². The van der Waals surface area contributed by atoms with Crippen molar-refractivity contribution in [2.45, 2.75) is 18.4 Å². The molecule has 2 heterocycles. The van der Waals surface area contributed by atoms with Gasteiger partial charge in [0.2, 0.25) is 0 Å². The first-order chi connectivity index (χ1) is 8.75. The van der Waals surface area contributed by atoms with Crippen LogP contribution in [0.1, 0.15) is 11.3 Å². The van der Waals surface area contributed by atoms with Crippen LogP contribution in [-0.4, -0.2) is 28.6 Å². The summed E-state index contributed by atoms with van der Waals surface area (Å²) in [5.41, 5.74) is 2.52. The summed E-state index contributed by atoms with van der Waals surface area (Å²) in [5, 5.41) is 13.4. The number of nitrogens with zero attached hydrogens (tertiary/aromatic N) is 2. The van der Waals surface area contributed by atoms with Gasteiger partial charge in [0.05, 0.1) is 10.7 Å². The monoisotopic (exact) mass is 281 g/mol. The van der Waals surface area contributed by atoms with Crippen molar-refractivity contribution in [3.63, 3.8) is 0 Å². The average Bonchev–Trinajstić information content (AvgIpc) is 2.94. The molecule has 3 nitrogen and oxygen atoms in total. The molecule has 2 rings (SSSR count). The Morgan fingerprint density at radius 3 is 3.00 bits per heavy atom. The minimum absolute atomic E-state index is 1.04. The van der Waals surface area contributed by atoms with Crippen molar-refractivity contribution >= 4 is 23.1 Å². The molecular weight excluding hydrogens is 262 g/mol. The molecule has 0 fully saturated rings. The summed E-state index contributed by atoms with van der Waals surface area (Å²) in [6.07, 6.45) is 1.12. The summed E-state index contributed by atoms with van der Waals surface area (Å²) in [6.45, 7) is 4.13. The van der Waals surface area contributed by atoms with E-state index >= 15 is 0 Å². The lowest BCUT2D eigenvalue weighted by atomic mass is 10.2. The molecule has 2 aromatic heterocycles. The molecule has 0 aliphatic heterocycles. The molecule has 0 spiro atoms. The van der Waals surface area contributed by atoms with Gasteiger partial charge < -0.3 is 5.32 Å². The predicted octanol–water partition coefficient (Wildman–Crippen LogP) is 2.71. The molecule has 0 unspecified atom stereocenters. The third kappa shape index (κ3) is 4.15. The highest BCUT2D eigenvalue weighted by Gasteiger charge is 2.01. The molecule has 0 radical (unpaired) electrons. The normalized spacial score (nSPS) is 11.0. The van der Waals surface area contributed by atoms with Crippen LogP contribution >= 0.6 is 23.1 Å². The zero-order chi connectivity index (χ0) is 12.8. The maximum atomic E-state index is 4.34. The Morgan fingerprint density at radius 1 is 1.44 bits per heavy atom. The third-order valence-corrected chi connectivity index (χ3v) is 4.48. The fourth-order valence-electron chi connectivity index (χ4n) is 1.74. The first kappa shape index (κ1) is 13.6. The molecule has 1 N–H and O–H groups in total. The second-order valence-corrected chi connectivity index (χ2v) is 6.12. The van der Waals surface area contributed by atoms with Gasteiger partial charge in [0.1, 0.15) is 0 Å². The van der Waals surface area contributed by atoms with Gasteiger partial charge in [0.15, 0.2) is 0 Å². The standard InChI is InChI=1S/C13H19N3S2/c1-11-9-13(16(2)15-11)18-8-6-14-5-3-12-4-7-17-10-12/h4,7,9-10,14H,3,5-6,8H2,1-2H3. The van der Waals surface area contributed by atoms with Crippen molar-refractivity contribution in [2.75, 3.05) is 18.8 Å². The number of hydrogen-bond acceptors (Lipinski definition) is 4. The quantitative estimate of drug-likeness (QED) is 0.625. The van der Waals surface area contributed by atoms with Gasteiger partial charge in [-0.1, -0.05) is 0 Å². The molecule has 0 saturated heterocycles. The van der Waals surface area contributed by atoms with Crippen LogP contribution in [0.4, 0.5) is 0 Å². The Bertz CT molecular complexity index is 463. The van der Waals surface area contributed by atoms with E-state index in [4.69, 9.17) is 0 Å². The lowest BCUT2D eigenvalue weighted by Crippen LogP contribution is -2.20. The SMILES string of the molecule is Cc1cc(SCCNCCc2ccsc2)n(C)n1. The summed E-state index contributed by atoms with van der Waals surface area (Å²) in [4.78, 5) is 0. The van der Waals surface area contributed by atoms with Crippen LogP contribution in [0.5, 0.6) is 0 Å². The number of thiophene rings is 1. The summed E-state index contributed by atoms with van der Waals surface area (Å²) in [5.74, 6) is 1.09. The zero-order valence-corrected chi connectivity index (χ0v) is 12.5. The minimum Gasteiger partial charge on any atom is -0.316 e. The number of thioether (sulfide) groups is 1. The smallest absolute Gasteiger partial charge is 0.0939 e. The van der Waals surface area contributed by atoms with Gasteiger partial charge in [-0.3, -0.25) is 4.68 Å². The Balaban J connectivity index is 1.57. The summed E-state index contributed by atoms with van der Waals surface area (Å²) in [6, 6.07) is 4.33. The van der Waals surface area contributed by atoms with Gasteiger partial charge in [-0.2, -0.15) is 16.4 Å². The predicted molar refractivity (Wildman–Crippen MR) is 79.6 cm³/mol. The van der Waals surface area contributed by atoms with Crippen LogP contribution in [0.25, 0.3) is 0 Å². The van der Waals surface area contributed by atoms with Crippen LogP contribution in [0, 0.1) is 6.92 Å². The molecule has 0 amide bonds. The van der Waals surface area contributed by atoms with Crippen molar-refractivity contribution in [3.05, 3.63) is 34.2 Å². The maximum Gasteiger partial charge on any atom is 0.0939 e. The molecule has 0 aliphatic carbocycles. The van der Waals surface area contributed by atoms with Gasteiger partial charge in [0.25, 0.3) is 0 Å². The van der Waals surface area contributed by atoms with Crippen molar-refractivity contribution < 1.29 is 0 Å². The molecule has 98 valence electrons. The van der Waals surface area contributed by atoms with E-state index in [0.29, 0.717) is 0 Å². The fraction of sp³-hybridized carbons (Fsp3) is 0.462. The number of nitrogens with one attached hydrogen (secondary N) is 1. The van der Waals surface area contributed by atoms with E-state index < -0.39 is 0 Å². The van der Waals surface area contributed by atoms with Gasteiger partial charge in [0, 0.05) is 19.3 Å². The molecule has 0 aromatic carbocycles. The summed E-state index contributed by atoms with van der Waals surface area (Å²) >= 11 is 3.62. The number of aryl methyl sites for hydroxylation is 2. The van der Waals surface area contributed by atoms with Crippen LogP contribution in [0.2, 0.25) is 0 Å². The fourth-order valence-corrected chi connectivity index (χ4v) is 3.38. The molecular formula is C13H19N3S2. The maximum absolute atomic E-state index is 4.34. The zero-order valence-electron chi connectivity index (χ0n) is 10.8. The average molecular weight is 281 g/mol. The van der Waals surface area contributed by atoms with Crippen molar-refractivity contribution in [1.82, 2.24) is 15.1 Å². The molecule has 0 atom stereocenters. The summed E-state index contributed by atoms with van der Waals surface area (Å²) < 4.78 is 1.95. The number of aromatic nitrogens is 2. The largest absolute Gasteiger partial charge is 0.316 e. The third-order valence-electron chi connectivity index (χ3n) is 2.66. The minimum atomic E-state index is 1.04. The van der Waals surface area contributed by atoms with E-state index in [9.17, 15) is 0 Å². The first-order valence-electron chi connectivity index (χ1n) is 6.11. The van der Waals surface area contributed by atoms with Gasteiger partial charge in [-0.25, -0.2) is 0 Å². The summed E-state index contributed by atoms with van der Waals surface area (Å²) in [7, 11) is 2.00. The van der Waals surface area contributed by atoms with E-state index in [-0.39, 0.29) is 0 Å². The molecule has 2 aromatic rings. The van der Waals surface area contributed by atoms with Crippen LogP contribution in [-0.2, 0) is 13.5 Å². The Kier molecular flexibility index (Phi) is 5.28. The van der Waals surface area contributed by atoms with Crippen LogP contribution in [0.15, 0.2) is 27.9 Å². The van der Waals surface area contributed by atoms with Gasteiger partial charge in [-0.05, 0) is 48.3 Å². The van der Waals surface area contributed by atoms with Crippen molar-refractivity contribution in [2.24, 2.45) is 7.05 Å². The van der Waals surface area contributed by atoms with Crippen molar-refractivity contribution in [1.29, 1.82) is 0 Å². The molecule has 18 heavy (non-hydrogen) atoms. The van der Waals surface area contributed by atoms with Gasteiger partial charge in [-0.15, -0.1) is 11.8 Å². The Labute approximate surface area is 117 Å². The van der Waals surface area contributed by atoms with E-state index in [1.165, 1.54) is 10.6 Å². The highest BCUT2D eigenvalue weighted by molar-refractivity contribution is 7.99.